The molecule has 12 heteroatoms. The summed E-state index contributed by atoms with van der Waals surface area (Å²) in [4.78, 5) is 53.8. The van der Waals surface area contributed by atoms with Gasteiger partial charge in [-0.1, -0.05) is 6.92 Å². The molecule has 41 heavy (non-hydrogen) atoms. The van der Waals surface area contributed by atoms with Crippen LogP contribution in [0, 0.1) is 5.82 Å². The molecule has 220 valence electrons. The fourth-order valence-electron chi connectivity index (χ4n) is 4.83. The summed E-state index contributed by atoms with van der Waals surface area (Å²) in [5.74, 6) is -0.915. The molecule has 10 nitrogen and oxygen atoms in total. The summed E-state index contributed by atoms with van der Waals surface area (Å²) in [7, 11) is 0. The standard InChI is InChI=1S/C29H36FN5O5S/c1-3-27(41)31-17-23-18-35(29(39)40-23)22-8-9-25(24(30)16-22)33-12-14-34(15-13-33)28(38)11-10-26(37)20-4-6-21(7-5-20)32-19(2)36/h4-9,16,23,27,31,41H,3,10-15,17-18H2,1-2H3,(H,32,36). The molecule has 2 aliphatic heterocycles. The van der Waals surface area contributed by atoms with E-state index in [1.807, 2.05) is 11.8 Å². The molecule has 2 aromatic rings. The summed E-state index contributed by atoms with van der Waals surface area (Å²) in [6.45, 7) is 5.92. The lowest BCUT2D eigenvalue weighted by Crippen LogP contribution is -2.49. The minimum Gasteiger partial charge on any atom is -0.443 e. The van der Waals surface area contributed by atoms with Crippen molar-refractivity contribution in [3.05, 3.63) is 53.8 Å². The van der Waals surface area contributed by atoms with Crippen LogP contribution in [-0.4, -0.2) is 79.3 Å². The Morgan fingerprint density at radius 2 is 1.78 bits per heavy atom. The van der Waals surface area contributed by atoms with Crippen molar-refractivity contribution in [2.75, 3.05) is 54.4 Å². The van der Waals surface area contributed by atoms with Gasteiger partial charge >= 0.3 is 6.09 Å². The Morgan fingerprint density at radius 3 is 2.41 bits per heavy atom. The van der Waals surface area contributed by atoms with Gasteiger partial charge < -0.3 is 25.2 Å². The Balaban J connectivity index is 1.25. The molecule has 0 aliphatic carbocycles. The monoisotopic (exact) mass is 585 g/mol. The molecule has 0 saturated carbocycles. The maximum Gasteiger partial charge on any atom is 0.414 e. The number of carbonyl (C=O) groups excluding carboxylic acids is 4. The van der Waals surface area contributed by atoms with Gasteiger partial charge in [-0.3, -0.25) is 19.3 Å². The third kappa shape index (κ3) is 7.98. The summed E-state index contributed by atoms with van der Waals surface area (Å²) in [6.07, 6.45) is 0.148. The number of hydrogen-bond acceptors (Lipinski definition) is 8. The van der Waals surface area contributed by atoms with E-state index < -0.39 is 11.9 Å². The first-order valence-corrected chi connectivity index (χ1v) is 14.3. The lowest BCUT2D eigenvalue weighted by atomic mass is 10.1. The van der Waals surface area contributed by atoms with Crippen molar-refractivity contribution in [1.29, 1.82) is 0 Å². The molecule has 0 spiro atoms. The second-order valence-electron chi connectivity index (χ2n) is 10.1. The topological polar surface area (TPSA) is 111 Å². The van der Waals surface area contributed by atoms with Gasteiger partial charge in [-0.15, -0.1) is 0 Å². The van der Waals surface area contributed by atoms with Gasteiger partial charge in [0.1, 0.15) is 11.9 Å². The number of rotatable bonds is 11. The average Bonchev–Trinajstić information content (AvgIpc) is 3.34. The van der Waals surface area contributed by atoms with Gasteiger partial charge in [0.05, 0.1) is 23.3 Å². The van der Waals surface area contributed by atoms with Crippen molar-refractivity contribution in [2.24, 2.45) is 0 Å². The van der Waals surface area contributed by atoms with Gasteiger partial charge in [0.25, 0.3) is 0 Å². The van der Waals surface area contributed by atoms with E-state index >= 15 is 4.39 Å². The molecule has 2 unspecified atom stereocenters. The Hall–Kier alpha value is -3.64. The zero-order valence-electron chi connectivity index (χ0n) is 23.3. The molecule has 2 aliphatic rings. The third-order valence-corrected chi connectivity index (χ3v) is 7.70. The number of amides is 3. The van der Waals surface area contributed by atoms with Gasteiger partial charge in [0.2, 0.25) is 11.8 Å². The number of anilines is 3. The fourth-order valence-corrected chi connectivity index (χ4v) is 4.94. The zero-order valence-corrected chi connectivity index (χ0v) is 24.2. The first-order valence-electron chi connectivity index (χ1n) is 13.8. The molecule has 0 bridgehead atoms. The number of ether oxygens (including phenoxy) is 1. The summed E-state index contributed by atoms with van der Waals surface area (Å²) < 4.78 is 20.6. The lowest BCUT2D eigenvalue weighted by molar-refractivity contribution is -0.131. The van der Waals surface area contributed by atoms with Crippen LogP contribution in [-0.2, 0) is 14.3 Å². The van der Waals surface area contributed by atoms with Crippen molar-refractivity contribution >= 4 is 53.4 Å². The zero-order chi connectivity index (χ0) is 29.5. The second-order valence-corrected chi connectivity index (χ2v) is 10.8. The van der Waals surface area contributed by atoms with Crippen molar-refractivity contribution in [3.8, 4) is 0 Å². The van der Waals surface area contributed by atoms with Crippen LogP contribution in [0.25, 0.3) is 0 Å². The number of carbonyl (C=O) groups is 4. The molecule has 2 N–H and O–H groups in total. The number of piperazine rings is 1. The Morgan fingerprint density at radius 1 is 1.07 bits per heavy atom. The summed E-state index contributed by atoms with van der Waals surface area (Å²) >= 11 is 4.39. The maximum atomic E-state index is 15.1. The van der Waals surface area contributed by atoms with Crippen LogP contribution in [0.2, 0.25) is 0 Å². The van der Waals surface area contributed by atoms with Crippen molar-refractivity contribution in [1.82, 2.24) is 10.2 Å². The predicted molar refractivity (Wildman–Crippen MR) is 158 cm³/mol. The van der Waals surface area contributed by atoms with E-state index in [0.717, 1.165) is 6.42 Å². The number of hydrogen-bond donors (Lipinski definition) is 3. The highest BCUT2D eigenvalue weighted by Gasteiger charge is 2.33. The number of Topliss-reactive ketones (excluding diaryl/α,β-unsaturated/α-hetero) is 1. The molecular formula is C29H36FN5O5S. The minimum absolute atomic E-state index is 0.0128. The van der Waals surface area contributed by atoms with Crippen LogP contribution in [0.15, 0.2) is 42.5 Å². The molecule has 0 aromatic heterocycles. The normalized spacial score (nSPS) is 17.8. The first kappa shape index (κ1) is 30.3. The van der Waals surface area contributed by atoms with Crippen molar-refractivity contribution in [2.45, 2.75) is 44.6 Å². The summed E-state index contributed by atoms with van der Waals surface area (Å²) in [6, 6.07) is 11.3. The maximum absolute atomic E-state index is 15.1. The SMILES string of the molecule is CCC(S)NCC1CN(c2ccc(N3CCN(C(=O)CCC(=O)c4ccc(NC(C)=O)cc4)CC3)c(F)c2)C(=O)O1. The number of halogens is 1. The van der Waals surface area contributed by atoms with E-state index in [0.29, 0.717) is 61.9 Å². The molecule has 0 radical (unpaired) electrons. The minimum atomic E-state index is -0.510. The first-order chi connectivity index (χ1) is 19.6. The van der Waals surface area contributed by atoms with Crippen LogP contribution >= 0.6 is 12.6 Å². The molecule has 3 amide bonds. The van der Waals surface area contributed by atoms with Crippen LogP contribution in [0.1, 0.15) is 43.5 Å². The van der Waals surface area contributed by atoms with Crippen LogP contribution in [0.5, 0.6) is 0 Å². The lowest BCUT2D eigenvalue weighted by Gasteiger charge is -2.36. The quantitative estimate of drug-likeness (QED) is 0.210. The number of ketones is 1. The van der Waals surface area contributed by atoms with E-state index in [1.54, 1.807) is 41.3 Å². The molecule has 2 atom stereocenters. The highest BCUT2D eigenvalue weighted by molar-refractivity contribution is 7.80. The van der Waals surface area contributed by atoms with E-state index in [-0.39, 0.29) is 41.9 Å². The Kier molecular flexibility index (Phi) is 10.2. The van der Waals surface area contributed by atoms with E-state index in [1.165, 1.54) is 17.9 Å². The highest BCUT2D eigenvalue weighted by Crippen LogP contribution is 2.29. The second kappa shape index (κ2) is 13.8. The summed E-state index contributed by atoms with van der Waals surface area (Å²) in [5.41, 5.74) is 1.92. The van der Waals surface area contributed by atoms with Gasteiger partial charge in [-0.05, 0) is 48.9 Å². The predicted octanol–water partition coefficient (Wildman–Crippen LogP) is 3.68. The van der Waals surface area contributed by atoms with Crippen LogP contribution < -0.4 is 20.4 Å². The highest BCUT2D eigenvalue weighted by atomic mass is 32.1. The number of benzene rings is 2. The Bertz CT molecular complexity index is 1270. The number of thiol groups is 1. The molecule has 2 heterocycles. The van der Waals surface area contributed by atoms with Crippen LogP contribution in [0.4, 0.5) is 26.2 Å². The average molecular weight is 586 g/mol. The molecule has 2 saturated heterocycles. The van der Waals surface area contributed by atoms with Gasteiger partial charge in [0, 0.05) is 63.7 Å². The van der Waals surface area contributed by atoms with Crippen LogP contribution in [0.3, 0.4) is 0 Å². The van der Waals surface area contributed by atoms with Gasteiger partial charge in [-0.2, -0.15) is 12.6 Å². The molecule has 2 aromatic carbocycles. The number of nitrogens with one attached hydrogen (secondary N) is 2. The number of cyclic esters (lactones) is 1. The molecule has 4 rings (SSSR count). The largest absolute Gasteiger partial charge is 0.443 e. The van der Waals surface area contributed by atoms with Gasteiger partial charge in [-0.25, -0.2) is 9.18 Å². The number of nitrogens with zero attached hydrogens (tertiary/aromatic N) is 3. The summed E-state index contributed by atoms with van der Waals surface area (Å²) in [5, 5.41) is 5.85. The third-order valence-electron chi connectivity index (χ3n) is 7.15. The van der Waals surface area contributed by atoms with Crippen molar-refractivity contribution < 1.29 is 28.3 Å². The van der Waals surface area contributed by atoms with Gasteiger partial charge in [0.15, 0.2) is 5.78 Å². The van der Waals surface area contributed by atoms with Crippen molar-refractivity contribution in [3.63, 3.8) is 0 Å². The molecular weight excluding hydrogens is 549 g/mol. The molecule has 2 fully saturated rings. The Labute approximate surface area is 244 Å². The fraction of sp³-hybridized carbons (Fsp3) is 0.448. The van der Waals surface area contributed by atoms with E-state index in [9.17, 15) is 19.2 Å². The van der Waals surface area contributed by atoms with E-state index in [2.05, 4.69) is 23.3 Å². The smallest absolute Gasteiger partial charge is 0.414 e. The van der Waals surface area contributed by atoms with E-state index in [4.69, 9.17) is 4.74 Å².